The monoisotopic (exact) mass is 275 g/mol. The Balaban J connectivity index is 1.92. The van der Waals surface area contributed by atoms with E-state index in [2.05, 4.69) is 10.4 Å². The highest BCUT2D eigenvalue weighted by Gasteiger charge is 2.15. The van der Waals surface area contributed by atoms with Crippen molar-refractivity contribution in [1.82, 2.24) is 9.78 Å². The summed E-state index contributed by atoms with van der Waals surface area (Å²) in [6.07, 6.45) is 1.13. The highest BCUT2D eigenvalue weighted by Crippen LogP contribution is 2.18. The zero-order valence-corrected chi connectivity index (χ0v) is 11.7. The fourth-order valence-electron chi connectivity index (χ4n) is 1.62. The lowest BCUT2D eigenvalue weighted by molar-refractivity contribution is -0.122. The SMILES string of the molecule is COc1ccc(OC(C)C(=O)Nc2ccn(C)n2)cc1. The van der Waals surface area contributed by atoms with Crippen molar-refractivity contribution in [3.8, 4) is 11.5 Å². The first-order valence-corrected chi connectivity index (χ1v) is 6.19. The molecule has 0 aliphatic carbocycles. The fraction of sp³-hybridized carbons (Fsp3) is 0.286. The molecule has 0 radical (unpaired) electrons. The van der Waals surface area contributed by atoms with Gasteiger partial charge in [0.05, 0.1) is 7.11 Å². The molecule has 0 fully saturated rings. The van der Waals surface area contributed by atoms with Gasteiger partial charge < -0.3 is 14.8 Å². The van der Waals surface area contributed by atoms with Crippen LogP contribution in [0.25, 0.3) is 0 Å². The second-order valence-corrected chi connectivity index (χ2v) is 4.30. The summed E-state index contributed by atoms with van der Waals surface area (Å²) in [6, 6.07) is 8.78. The first kappa shape index (κ1) is 13.9. The second kappa shape index (κ2) is 6.10. The van der Waals surface area contributed by atoms with Crippen molar-refractivity contribution in [3.05, 3.63) is 36.5 Å². The van der Waals surface area contributed by atoms with E-state index in [-0.39, 0.29) is 5.91 Å². The Morgan fingerprint density at radius 1 is 1.25 bits per heavy atom. The number of nitrogens with one attached hydrogen (secondary N) is 1. The van der Waals surface area contributed by atoms with Crippen LogP contribution in [0, 0.1) is 0 Å². The molecular formula is C14H17N3O3. The summed E-state index contributed by atoms with van der Waals surface area (Å²) in [4.78, 5) is 11.9. The maximum Gasteiger partial charge on any atom is 0.266 e. The van der Waals surface area contributed by atoms with Gasteiger partial charge in [-0.15, -0.1) is 0 Å². The van der Waals surface area contributed by atoms with Gasteiger partial charge in [0.2, 0.25) is 0 Å². The van der Waals surface area contributed by atoms with E-state index in [9.17, 15) is 4.79 Å². The molecule has 2 aromatic rings. The van der Waals surface area contributed by atoms with Crippen LogP contribution in [0.1, 0.15) is 6.92 Å². The third-order valence-corrected chi connectivity index (χ3v) is 2.71. The number of amides is 1. The second-order valence-electron chi connectivity index (χ2n) is 4.30. The summed E-state index contributed by atoms with van der Waals surface area (Å²) in [7, 11) is 3.38. The van der Waals surface area contributed by atoms with E-state index in [1.807, 2.05) is 0 Å². The van der Waals surface area contributed by atoms with Gasteiger partial charge in [-0.1, -0.05) is 0 Å². The minimum Gasteiger partial charge on any atom is -0.497 e. The highest BCUT2D eigenvalue weighted by molar-refractivity contribution is 5.93. The van der Waals surface area contributed by atoms with Gasteiger partial charge >= 0.3 is 0 Å². The molecule has 0 spiro atoms. The number of aryl methyl sites for hydroxylation is 1. The Kier molecular flexibility index (Phi) is 4.24. The predicted octanol–water partition coefficient (Wildman–Crippen LogP) is 1.83. The molecule has 0 aliphatic heterocycles. The quantitative estimate of drug-likeness (QED) is 0.904. The third-order valence-electron chi connectivity index (χ3n) is 2.71. The molecule has 0 saturated carbocycles. The summed E-state index contributed by atoms with van der Waals surface area (Å²) in [5.41, 5.74) is 0. The molecule has 6 heteroatoms. The number of benzene rings is 1. The highest BCUT2D eigenvalue weighted by atomic mass is 16.5. The van der Waals surface area contributed by atoms with Crippen molar-refractivity contribution in [2.45, 2.75) is 13.0 Å². The molecule has 1 unspecified atom stereocenters. The lowest BCUT2D eigenvalue weighted by Gasteiger charge is -2.14. The molecular weight excluding hydrogens is 258 g/mol. The molecule has 2 rings (SSSR count). The van der Waals surface area contributed by atoms with Crippen molar-refractivity contribution >= 4 is 11.7 Å². The molecule has 1 aromatic heterocycles. The van der Waals surface area contributed by atoms with Crippen LogP contribution in [0.15, 0.2) is 36.5 Å². The van der Waals surface area contributed by atoms with E-state index in [0.29, 0.717) is 11.6 Å². The molecule has 20 heavy (non-hydrogen) atoms. The molecule has 0 bridgehead atoms. The molecule has 1 aromatic carbocycles. The predicted molar refractivity (Wildman–Crippen MR) is 74.9 cm³/mol. The summed E-state index contributed by atoms with van der Waals surface area (Å²) in [5, 5.41) is 6.76. The molecule has 1 atom stereocenters. The van der Waals surface area contributed by atoms with Crippen molar-refractivity contribution in [3.63, 3.8) is 0 Å². The molecule has 1 amide bonds. The number of anilines is 1. The summed E-state index contributed by atoms with van der Waals surface area (Å²) in [6.45, 7) is 1.68. The number of hydrogen-bond acceptors (Lipinski definition) is 4. The van der Waals surface area contributed by atoms with Crippen molar-refractivity contribution in [2.75, 3.05) is 12.4 Å². The van der Waals surface area contributed by atoms with E-state index in [0.717, 1.165) is 5.75 Å². The van der Waals surface area contributed by atoms with E-state index in [1.165, 1.54) is 0 Å². The van der Waals surface area contributed by atoms with Gasteiger partial charge in [0.15, 0.2) is 11.9 Å². The molecule has 6 nitrogen and oxygen atoms in total. The van der Waals surface area contributed by atoms with Gasteiger partial charge in [0.25, 0.3) is 5.91 Å². The van der Waals surface area contributed by atoms with Crippen LogP contribution in [-0.4, -0.2) is 28.9 Å². The Bertz CT molecular complexity index is 578. The van der Waals surface area contributed by atoms with Gasteiger partial charge in [0.1, 0.15) is 11.5 Å². The van der Waals surface area contributed by atoms with Gasteiger partial charge in [-0.3, -0.25) is 9.48 Å². The van der Waals surface area contributed by atoms with Crippen molar-refractivity contribution in [2.24, 2.45) is 7.05 Å². The Labute approximate surface area is 117 Å². The van der Waals surface area contributed by atoms with Crippen LogP contribution in [0.2, 0.25) is 0 Å². The number of ether oxygens (including phenoxy) is 2. The van der Waals surface area contributed by atoms with Gasteiger partial charge in [-0.05, 0) is 31.2 Å². The van der Waals surface area contributed by atoms with E-state index >= 15 is 0 Å². The van der Waals surface area contributed by atoms with E-state index in [1.54, 1.807) is 62.3 Å². The molecule has 0 aliphatic rings. The van der Waals surface area contributed by atoms with Crippen LogP contribution >= 0.6 is 0 Å². The van der Waals surface area contributed by atoms with E-state index < -0.39 is 6.10 Å². The van der Waals surface area contributed by atoms with Gasteiger partial charge in [-0.2, -0.15) is 5.10 Å². The average molecular weight is 275 g/mol. The zero-order valence-electron chi connectivity index (χ0n) is 11.7. The number of carbonyl (C=O) groups is 1. The first-order valence-electron chi connectivity index (χ1n) is 6.19. The topological polar surface area (TPSA) is 65.4 Å². The van der Waals surface area contributed by atoms with Crippen LogP contribution < -0.4 is 14.8 Å². The third kappa shape index (κ3) is 3.50. The number of aromatic nitrogens is 2. The maximum absolute atomic E-state index is 11.9. The maximum atomic E-state index is 11.9. The molecule has 1 heterocycles. The number of methoxy groups -OCH3 is 1. The average Bonchev–Trinajstić information content (AvgIpc) is 2.85. The minimum atomic E-state index is -0.620. The van der Waals surface area contributed by atoms with E-state index in [4.69, 9.17) is 9.47 Å². The van der Waals surface area contributed by atoms with Crippen molar-refractivity contribution in [1.29, 1.82) is 0 Å². The van der Waals surface area contributed by atoms with Crippen molar-refractivity contribution < 1.29 is 14.3 Å². The first-order chi connectivity index (χ1) is 9.58. The largest absolute Gasteiger partial charge is 0.497 e. The lowest BCUT2D eigenvalue weighted by Crippen LogP contribution is -2.30. The number of rotatable bonds is 5. The van der Waals surface area contributed by atoms with Crippen LogP contribution in [0.3, 0.4) is 0 Å². The molecule has 1 N–H and O–H groups in total. The standard InChI is InChI=1S/C14H17N3O3/c1-10(14(18)15-13-8-9-17(2)16-13)20-12-6-4-11(19-3)5-7-12/h4-10H,1-3H3,(H,15,16,18). The molecule has 106 valence electrons. The van der Waals surface area contributed by atoms with Gasteiger partial charge in [0, 0.05) is 19.3 Å². The summed E-state index contributed by atoms with van der Waals surface area (Å²) >= 11 is 0. The smallest absolute Gasteiger partial charge is 0.266 e. The Morgan fingerprint density at radius 2 is 1.90 bits per heavy atom. The zero-order chi connectivity index (χ0) is 14.5. The van der Waals surface area contributed by atoms with Gasteiger partial charge in [-0.25, -0.2) is 0 Å². The number of hydrogen-bond donors (Lipinski definition) is 1. The number of carbonyl (C=O) groups excluding carboxylic acids is 1. The van der Waals surface area contributed by atoms with Crippen LogP contribution in [-0.2, 0) is 11.8 Å². The summed E-state index contributed by atoms with van der Waals surface area (Å²) < 4.78 is 12.2. The summed E-state index contributed by atoms with van der Waals surface area (Å²) in [5.74, 6) is 1.60. The Morgan fingerprint density at radius 3 is 2.45 bits per heavy atom. The fourth-order valence-corrected chi connectivity index (χ4v) is 1.62. The minimum absolute atomic E-state index is 0.250. The number of nitrogens with zero attached hydrogens (tertiary/aromatic N) is 2. The normalized spacial score (nSPS) is 11.8. The Hall–Kier alpha value is -2.50. The molecule has 0 saturated heterocycles. The van der Waals surface area contributed by atoms with Crippen LogP contribution in [0.4, 0.5) is 5.82 Å². The van der Waals surface area contributed by atoms with Crippen LogP contribution in [0.5, 0.6) is 11.5 Å². The lowest BCUT2D eigenvalue weighted by atomic mass is 10.3.